The monoisotopic (exact) mass is 349 g/mol. The van der Waals surface area contributed by atoms with Gasteiger partial charge in [-0.25, -0.2) is 0 Å². The van der Waals surface area contributed by atoms with Crippen molar-refractivity contribution in [1.82, 2.24) is 5.32 Å². The molecule has 0 spiro atoms. The standard InChI is InChI=1S/C19H27NO5/c1-19(2,3)25-17(23)10-14-13(12-7-5-4-6-8-12)9-15(21)16(22)11-20-18(14)24/h4-8,13-16,21-22H,9-11H2,1-3H3,(H,20,24)/t13?,14-,15?,16-/m0/s1. The number of amides is 1. The zero-order valence-corrected chi connectivity index (χ0v) is 14.9. The molecule has 0 aliphatic carbocycles. The molecule has 138 valence electrons. The summed E-state index contributed by atoms with van der Waals surface area (Å²) in [6, 6.07) is 9.28. The van der Waals surface area contributed by atoms with Crippen molar-refractivity contribution in [1.29, 1.82) is 0 Å². The van der Waals surface area contributed by atoms with Crippen LogP contribution in [0.1, 0.15) is 45.1 Å². The van der Waals surface area contributed by atoms with E-state index in [1.165, 1.54) is 0 Å². The lowest BCUT2D eigenvalue weighted by Crippen LogP contribution is -2.47. The summed E-state index contributed by atoms with van der Waals surface area (Å²) in [5, 5.41) is 22.8. The van der Waals surface area contributed by atoms with E-state index in [2.05, 4.69) is 5.32 Å². The summed E-state index contributed by atoms with van der Waals surface area (Å²) in [7, 11) is 0. The number of carbonyl (C=O) groups excluding carboxylic acids is 2. The number of hydrogen-bond donors (Lipinski definition) is 3. The van der Waals surface area contributed by atoms with Crippen molar-refractivity contribution < 1.29 is 24.5 Å². The van der Waals surface area contributed by atoms with E-state index in [-0.39, 0.29) is 25.3 Å². The number of nitrogens with one attached hydrogen (secondary N) is 1. The molecular formula is C19H27NO5. The van der Waals surface area contributed by atoms with Gasteiger partial charge in [-0.15, -0.1) is 0 Å². The summed E-state index contributed by atoms with van der Waals surface area (Å²) >= 11 is 0. The number of benzene rings is 1. The van der Waals surface area contributed by atoms with Gasteiger partial charge in [0.15, 0.2) is 0 Å². The molecule has 1 saturated heterocycles. The van der Waals surface area contributed by atoms with Crippen LogP contribution in [0.15, 0.2) is 30.3 Å². The molecule has 1 aliphatic rings. The Kier molecular flexibility index (Phi) is 6.19. The molecule has 6 heteroatoms. The predicted molar refractivity (Wildman–Crippen MR) is 92.8 cm³/mol. The maximum Gasteiger partial charge on any atom is 0.307 e. The highest BCUT2D eigenvalue weighted by molar-refractivity contribution is 5.85. The fraction of sp³-hybridized carbons (Fsp3) is 0.579. The number of rotatable bonds is 3. The Morgan fingerprint density at radius 1 is 1.20 bits per heavy atom. The molecule has 0 radical (unpaired) electrons. The maximum atomic E-state index is 12.6. The van der Waals surface area contributed by atoms with Crippen molar-refractivity contribution in [2.75, 3.05) is 6.54 Å². The summed E-state index contributed by atoms with van der Waals surface area (Å²) in [5.74, 6) is -1.83. The van der Waals surface area contributed by atoms with Gasteiger partial charge in [0, 0.05) is 6.54 Å². The van der Waals surface area contributed by atoms with Crippen LogP contribution < -0.4 is 5.32 Å². The molecule has 1 fully saturated rings. The fourth-order valence-electron chi connectivity index (χ4n) is 3.10. The summed E-state index contributed by atoms with van der Waals surface area (Å²) < 4.78 is 5.36. The lowest BCUT2D eigenvalue weighted by atomic mass is 9.78. The van der Waals surface area contributed by atoms with E-state index in [4.69, 9.17) is 4.74 Å². The highest BCUT2D eigenvalue weighted by atomic mass is 16.6. The molecule has 1 heterocycles. The maximum absolute atomic E-state index is 12.6. The number of ether oxygens (including phenoxy) is 1. The van der Waals surface area contributed by atoms with Crippen LogP contribution in [-0.2, 0) is 14.3 Å². The summed E-state index contributed by atoms with van der Waals surface area (Å²) in [6.45, 7) is 5.29. The van der Waals surface area contributed by atoms with Gasteiger partial charge in [0.2, 0.25) is 5.91 Å². The Labute approximate surface area is 148 Å². The minimum atomic E-state index is -1.03. The second-order valence-electron chi connectivity index (χ2n) is 7.53. The number of aliphatic hydroxyl groups excluding tert-OH is 2. The van der Waals surface area contributed by atoms with Crippen LogP contribution in [0, 0.1) is 5.92 Å². The molecule has 0 saturated carbocycles. The first kappa shape index (κ1) is 19.4. The Morgan fingerprint density at radius 3 is 2.44 bits per heavy atom. The Balaban J connectivity index is 2.29. The molecule has 2 unspecified atom stereocenters. The van der Waals surface area contributed by atoms with Gasteiger partial charge in [0.1, 0.15) is 5.60 Å². The highest BCUT2D eigenvalue weighted by Gasteiger charge is 2.37. The number of β-amino-alcohol motifs (C(OH)–C–C–N with tert-alkyl or cyclic N) is 1. The molecule has 1 aliphatic heterocycles. The van der Waals surface area contributed by atoms with Crippen LogP contribution >= 0.6 is 0 Å². The third-order valence-electron chi connectivity index (χ3n) is 4.28. The molecular weight excluding hydrogens is 322 g/mol. The summed E-state index contributed by atoms with van der Waals surface area (Å²) in [5.41, 5.74) is 0.215. The zero-order valence-electron chi connectivity index (χ0n) is 14.9. The van der Waals surface area contributed by atoms with E-state index in [0.29, 0.717) is 0 Å². The second kappa shape index (κ2) is 7.97. The van der Waals surface area contributed by atoms with Crippen LogP contribution in [0.5, 0.6) is 0 Å². The Hall–Kier alpha value is -1.92. The number of esters is 1. The van der Waals surface area contributed by atoms with Gasteiger partial charge >= 0.3 is 5.97 Å². The first-order valence-electron chi connectivity index (χ1n) is 8.58. The SMILES string of the molecule is CC(C)(C)OC(=O)C[C@@H]1C(=O)NC[C@H](O)C(O)CC1c1ccccc1. The van der Waals surface area contributed by atoms with Crippen molar-refractivity contribution >= 4 is 11.9 Å². The van der Waals surface area contributed by atoms with Gasteiger partial charge in [-0.05, 0) is 38.7 Å². The summed E-state index contributed by atoms with van der Waals surface area (Å²) in [4.78, 5) is 24.9. The van der Waals surface area contributed by atoms with Crippen molar-refractivity contribution in [3.05, 3.63) is 35.9 Å². The van der Waals surface area contributed by atoms with E-state index >= 15 is 0 Å². The zero-order chi connectivity index (χ0) is 18.6. The first-order chi connectivity index (χ1) is 11.7. The first-order valence-corrected chi connectivity index (χ1v) is 8.58. The highest BCUT2D eigenvalue weighted by Crippen LogP contribution is 2.34. The average Bonchev–Trinajstić information content (AvgIpc) is 2.53. The molecule has 2 rings (SSSR count). The van der Waals surface area contributed by atoms with E-state index in [1.807, 2.05) is 30.3 Å². The molecule has 1 aromatic carbocycles. The molecule has 0 bridgehead atoms. The van der Waals surface area contributed by atoms with Gasteiger partial charge in [0.25, 0.3) is 0 Å². The van der Waals surface area contributed by atoms with Crippen LogP contribution in [-0.4, -0.2) is 46.4 Å². The van der Waals surface area contributed by atoms with Crippen LogP contribution in [0.3, 0.4) is 0 Å². The Bertz CT molecular complexity index is 596. The van der Waals surface area contributed by atoms with Gasteiger partial charge in [-0.2, -0.15) is 0 Å². The van der Waals surface area contributed by atoms with Gasteiger partial charge in [-0.3, -0.25) is 9.59 Å². The third-order valence-corrected chi connectivity index (χ3v) is 4.28. The predicted octanol–water partition coefficient (Wildman–Crippen LogP) is 1.36. The largest absolute Gasteiger partial charge is 0.460 e. The molecule has 4 atom stereocenters. The summed E-state index contributed by atoms with van der Waals surface area (Å²) in [6.07, 6.45) is -1.89. The number of hydrogen-bond acceptors (Lipinski definition) is 5. The van der Waals surface area contributed by atoms with E-state index < -0.39 is 35.6 Å². The lowest BCUT2D eigenvalue weighted by molar-refractivity contribution is -0.158. The van der Waals surface area contributed by atoms with Crippen LogP contribution in [0.2, 0.25) is 0 Å². The Morgan fingerprint density at radius 2 is 1.84 bits per heavy atom. The fourth-order valence-corrected chi connectivity index (χ4v) is 3.10. The smallest absolute Gasteiger partial charge is 0.307 e. The molecule has 3 N–H and O–H groups in total. The molecule has 0 aromatic heterocycles. The quantitative estimate of drug-likeness (QED) is 0.716. The number of carbonyl (C=O) groups is 2. The molecule has 25 heavy (non-hydrogen) atoms. The normalized spacial score (nSPS) is 27.8. The van der Waals surface area contributed by atoms with Crippen LogP contribution in [0.25, 0.3) is 0 Å². The number of aliphatic hydroxyl groups is 2. The van der Waals surface area contributed by atoms with E-state index in [0.717, 1.165) is 5.56 Å². The molecule has 1 aromatic rings. The molecule has 1 amide bonds. The van der Waals surface area contributed by atoms with Crippen molar-refractivity contribution in [2.24, 2.45) is 5.92 Å². The van der Waals surface area contributed by atoms with Crippen molar-refractivity contribution in [3.63, 3.8) is 0 Å². The second-order valence-corrected chi connectivity index (χ2v) is 7.53. The van der Waals surface area contributed by atoms with Gasteiger partial charge in [0.05, 0.1) is 24.5 Å². The lowest BCUT2D eigenvalue weighted by Gasteiger charge is -2.33. The minimum absolute atomic E-state index is 0.0354. The van der Waals surface area contributed by atoms with Gasteiger partial charge in [-0.1, -0.05) is 30.3 Å². The van der Waals surface area contributed by atoms with E-state index in [9.17, 15) is 19.8 Å². The van der Waals surface area contributed by atoms with Gasteiger partial charge < -0.3 is 20.3 Å². The van der Waals surface area contributed by atoms with Crippen molar-refractivity contribution in [2.45, 2.75) is 57.3 Å². The topological polar surface area (TPSA) is 95.9 Å². The van der Waals surface area contributed by atoms with E-state index in [1.54, 1.807) is 20.8 Å². The minimum Gasteiger partial charge on any atom is -0.460 e. The van der Waals surface area contributed by atoms with Crippen molar-refractivity contribution in [3.8, 4) is 0 Å². The molecule has 6 nitrogen and oxygen atoms in total. The third kappa shape index (κ3) is 5.54. The van der Waals surface area contributed by atoms with Crippen LogP contribution in [0.4, 0.5) is 0 Å². The average molecular weight is 349 g/mol.